The molecule has 3 atom stereocenters. The van der Waals surface area contributed by atoms with E-state index >= 15 is 0 Å². The third kappa shape index (κ3) is 5.21. The molecule has 0 unspecified atom stereocenters. The van der Waals surface area contributed by atoms with E-state index in [1.54, 1.807) is 29.2 Å². The van der Waals surface area contributed by atoms with Crippen molar-refractivity contribution >= 4 is 21.4 Å². The molecule has 13 heteroatoms. The first-order valence-corrected chi connectivity index (χ1v) is 12.5. The van der Waals surface area contributed by atoms with E-state index < -0.39 is 46.1 Å². The van der Waals surface area contributed by atoms with Gasteiger partial charge in [-0.1, -0.05) is 12.1 Å². The standard InChI is InChI=1S/C24H20F4N2O6S/c25-14-5-10-22-19(11-14)30(18-3-1-2-4-21(18)35-22)20-13-34-12-17(23(20)31)29-37(32,33)16-8-6-15(7-9-16)36-24(26,27)28/h1-11,17,20,23,29,31H,12-13H2/t17-,20+,23+/m1/s1. The van der Waals surface area contributed by atoms with Gasteiger partial charge in [-0.3, -0.25) is 0 Å². The summed E-state index contributed by atoms with van der Waals surface area (Å²) in [4.78, 5) is 1.31. The van der Waals surface area contributed by atoms with E-state index in [4.69, 9.17) is 9.47 Å². The Balaban J connectivity index is 1.41. The second-order valence-electron chi connectivity index (χ2n) is 8.39. The lowest BCUT2D eigenvalue weighted by atomic mass is 9.98. The van der Waals surface area contributed by atoms with Gasteiger partial charge in [-0.05, 0) is 48.5 Å². The number of benzene rings is 3. The van der Waals surface area contributed by atoms with E-state index in [0.29, 0.717) is 22.9 Å². The highest BCUT2D eigenvalue weighted by atomic mass is 32.2. The van der Waals surface area contributed by atoms with Crippen LogP contribution < -0.4 is 19.1 Å². The maximum absolute atomic E-state index is 14.2. The summed E-state index contributed by atoms with van der Waals surface area (Å²) < 4.78 is 94.9. The minimum atomic E-state index is -4.92. The number of rotatable bonds is 5. The second kappa shape index (κ2) is 9.49. The zero-order chi connectivity index (χ0) is 26.4. The van der Waals surface area contributed by atoms with Gasteiger partial charge in [0.2, 0.25) is 10.0 Å². The molecule has 0 aliphatic carbocycles. The maximum atomic E-state index is 14.2. The van der Waals surface area contributed by atoms with Crippen LogP contribution in [0, 0.1) is 5.82 Å². The van der Waals surface area contributed by atoms with E-state index in [1.165, 1.54) is 18.2 Å². The number of halogens is 4. The van der Waals surface area contributed by atoms with Crippen molar-refractivity contribution in [2.45, 2.75) is 29.4 Å². The van der Waals surface area contributed by atoms with Gasteiger partial charge >= 0.3 is 6.36 Å². The van der Waals surface area contributed by atoms with Crippen LogP contribution in [0.1, 0.15) is 0 Å². The van der Waals surface area contributed by atoms with Crippen LogP contribution in [0.25, 0.3) is 0 Å². The number of nitrogens with zero attached hydrogens (tertiary/aromatic N) is 1. The Kier molecular flexibility index (Phi) is 6.48. The molecular weight excluding hydrogens is 520 g/mol. The smallest absolute Gasteiger partial charge is 0.453 e. The van der Waals surface area contributed by atoms with Crippen LogP contribution in [-0.4, -0.2) is 51.3 Å². The first kappa shape index (κ1) is 25.3. The highest BCUT2D eigenvalue weighted by Gasteiger charge is 2.42. The molecule has 3 aromatic carbocycles. The number of hydrogen-bond acceptors (Lipinski definition) is 7. The molecule has 3 aromatic rings. The predicted molar refractivity (Wildman–Crippen MR) is 123 cm³/mol. The lowest BCUT2D eigenvalue weighted by molar-refractivity contribution is -0.274. The monoisotopic (exact) mass is 540 g/mol. The average Bonchev–Trinajstić information content (AvgIpc) is 2.83. The van der Waals surface area contributed by atoms with Crippen molar-refractivity contribution in [1.29, 1.82) is 0 Å². The van der Waals surface area contributed by atoms with Crippen molar-refractivity contribution < 1.29 is 45.3 Å². The Labute approximate surface area is 209 Å². The molecule has 2 heterocycles. The molecular formula is C24H20F4N2O6S. The van der Waals surface area contributed by atoms with Crippen molar-refractivity contribution in [2.75, 3.05) is 18.1 Å². The first-order chi connectivity index (χ1) is 17.5. The number of sulfonamides is 1. The van der Waals surface area contributed by atoms with Crippen molar-refractivity contribution in [1.82, 2.24) is 4.72 Å². The van der Waals surface area contributed by atoms with Gasteiger partial charge < -0.3 is 24.2 Å². The summed E-state index contributed by atoms with van der Waals surface area (Å²) in [7, 11) is -4.27. The van der Waals surface area contributed by atoms with E-state index in [1.807, 2.05) is 0 Å². The summed E-state index contributed by atoms with van der Waals surface area (Å²) in [5.74, 6) is -0.313. The minimum absolute atomic E-state index is 0.00679. The van der Waals surface area contributed by atoms with Crippen molar-refractivity contribution in [2.24, 2.45) is 0 Å². The summed E-state index contributed by atoms with van der Waals surface area (Å²) in [6.45, 7) is -0.179. The molecule has 2 aliphatic rings. The molecule has 5 rings (SSSR count). The third-order valence-electron chi connectivity index (χ3n) is 5.92. The quantitative estimate of drug-likeness (QED) is 0.471. The zero-order valence-corrected chi connectivity index (χ0v) is 19.7. The Morgan fingerprint density at radius 3 is 2.41 bits per heavy atom. The van der Waals surface area contributed by atoms with Gasteiger partial charge in [0.15, 0.2) is 11.5 Å². The topological polar surface area (TPSA) is 97.3 Å². The fourth-order valence-corrected chi connectivity index (χ4v) is 5.55. The number of nitrogens with one attached hydrogen (secondary N) is 1. The number of alkyl halides is 3. The predicted octanol–water partition coefficient (Wildman–Crippen LogP) is 4.07. The van der Waals surface area contributed by atoms with Gasteiger partial charge in [0, 0.05) is 6.07 Å². The maximum Gasteiger partial charge on any atom is 0.573 e. The molecule has 2 N–H and O–H groups in total. The average molecular weight is 540 g/mol. The van der Waals surface area contributed by atoms with Crippen molar-refractivity contribution in [3.8, 4) is 17.2 Å². The molecule has 1 fully saturated rings. The largest absolute Gasteiger partial charge is 0.573 e. The number of aliphatic hydroxyl groups excluding tert-OH is 1. The van der Waals surface area contributed by atoms with Crippen LogP contribution in [0.4, 0.5) is 28.9 Å². The van der Waals surface area contributed by atoms with E-state index in [0.717, 1.165) is 24.3 Å². The SMILES string of the molecule is O=S(=O)(N[C@@H]1COC[C@H](N2c3ccccc3Oc3ccc(F)cc32)[C@H]1O)c1ccc(OC(F)(F)F)cc1. The normalized spacial score (nSPS) is 21.5. The second-order valence-corrected chi connectivity index (χ2v) is 10.1. The van der Waals surface area contributed by atoms with Crippen LogP contribution in [0.2, 0.25) is 0 Å². The fraction of sp³-hybridized carbons (Fsp3) is 0.250. The van der Waals surface area contributed by atoms with Gasteiger partial charge in [0.25, 0.3) is 0 Å². The summed E-state index contributed by atoms with van der Waals surface area (Å²) in [6, 6.07) is 12.5. The van der Waals surface area contributed by atoms with Crippen LogP contribution in [-0.2, 0) is 14.8 Å². The fourth-order valence-electron chi connectivity index (χ4n) is 4.31. The van der Waals surface area contributed by atoms with Gasteiger partial charge in [0.1, 0.15) is 11.6 Å². The molecule has 1 saturated heterocycles. The summed E-state index contributed by atoms with van der Waals surface area (Å²) in [6.07, 6.45) is -6.24. The number of para-hydroxylation sites is 2. The van der Waals surface area contributed by atoms with Gasteiger partial charge in [-0.15, -0.1) is 13.2 Å². The number of anilines is 2. The molecule has 8 nitrogen and oxygen atoms in total. The van der Waals surface area contributed by atoms with Crippen LogP contribution >= 0.6 is 0 Å². The number of ether oxygens (including phenoxy) is 3. The molecule has 37 heavy (non-hydrogen) atoms. The van der Waals surface area contributed by atoms with E-state index in [-0.39, 0.29) is 18.1 Å². The lowest BCUT2D eigenvalue weighted by Gasteiger charge is -2.44. The molecule has 0 aromatic heterocycles. The Hall–Kier alpha value is -3.39. The van der Waals surface area contributed by atoms with Crippen molar-refractivity contribution in [3.63, 3.8) is 0 Å². The van der Waals surface area contributed by atoms with Crippen LogP contribution in [0.3, 0.4) is 0 Å². The van der Waals surface area contributed by atoms with Crippen molar-refractivity contribution in [3.05, 3.63) is 72.5 Å². The number of hydrogen-bond donors (Lipinski definition) is 2. The molecule has 0 amide bonds. The molecule has 196 valence electrons. The molecule has 0 saturated carbocycles. The summed E-state index contributed by atoms with van der Waals surface area (Å²) in [5.41, 5.74) is 0.854. The first-order valence-electron chi connectivity index (χ1n) is 11.0. The highest BCUT2D eigenvalue weighted by Crippen LogP contribution is 2.48. The van der Waals surface area contributed by atoms with Gasteiger partial charge in [-0.25, -0.2) is 17.5 Å². The minimum Gasteiger partial charge on any atom is -0.453 e. The lowest BCUT2D eigenvalue weighted by Crippen LogP contribution is -2.60. The Morgan fingerprint density at radius 2 is 1.68 bits per heavy atom. The van der Waals surface area contributed by atoms with Gasteiger partial charge in [0.05, 0.1) is 47.7 Å². The Bertz CT molecular complexity index is 1400. The molecule has 0 spiro atoms. The zero-order valence-electron chi connectivity index (χ0n) is 18.9. The summed E-state index contributed by atoms with van der Waals surface area (Å²) in [5, 5.41) is 11.3. The molecule has 2 aliphatic heterocycles. The molecule has 0 bridgehead atoms. The number of fused-ring (bicyclic) bond motifs is 2. The third-order valence-corrected chi connectivity index (χ3v) is 7.43. The summed E-state index contributed by atoms with van der Waals surface area (Å²) >= 11 is 0. The van der Waals surface area contributed by atoms with Crippen LogP contribution in [0.15, 0.2) is 71.6 Å². The van der Waals surface area contributed by atoms with Gasteiger partial charge in [-0.2, -0.15) is 0 Å². The highest BCUT2D eigenvalue weighted by molar-refractivity contribution is 7.89. The number of aliphatic hydroxyl groups is 1. The van der Waals surface area contributed by atoms with E-state index in [9.17, 15) is 31.1 Å². The Morgan fingerprint density at radius 1 is 0.973 bits per heavy atom. The molecule has 0 radical (unpaired) electrons. The van der Waals surface area contributed by atoms with Crippen LogP contribution in [0.5, 0.6) is 17.2 Å². The van der Waals surface area contributed by atoms with E-state index in [2.05, 4.69) is 9.46 Å².